The predicted octanol–water partition coefficient (Wildman–Crippen LogP) is 5.77. The quantitative estimate of drug-likeness (QED) is 0.307. The number of hydrogen-bond acceptors (Lipinski definition) is 4. The van der Waals surface area contributed by atoms with E-state index in [1.807, 2.05) is 24.3 Å². The van der Waals surface area contributed by atoms with Crippen LogP contribution in [-0.4, -0.2) is 43.8 Å². The monoisotopic (exact) mass is 631 g/mol. The molecule has 7 nitrogen and oxygen atoms in total. The minimum Gasteiger partial charge on any atom is -0.352 e. The molecule has 0 aliphatic heterocycles. The van der Waals surface area contributed by atoms with Crippen LogP contribution in [-0.2, 0) is 26.2 Å². The van der Waals surface area contributed by atoms with E-state index in [-0.39, 0.29) is 23.4 Å². The summed E-state index contributed by atoms with van der Waals surface area (Å²) >= 11 is 9.52. The highest BCUT2D eigenvalue weighted by Crippen LogP contribution is 2.26. The molecule has 39 heavy (non-hydrogen) atoms. The summed E-state index contributed by atoms with van der Waals surface area (Å²) in [6.45, 7) is 1.32. The lowest BCUT2D eigenvalue weighted by Crippen LogP contribution is -2.52. The molecule has 1 aliphatic rings. The molecule has 1 atom stereocenters. The van der Waals surface area contributed by atoms with Gasteiger partial charge in [0.25, 0.3) is 10.0 Å². The highest BCUT2D eigenvalue weighted by atomic mass is 79.9. The first-order valence-electron chi connectivity index (χ1n) is 12.8. The smallest absolute Gasteiger partial charge is 0.264 e. The lowest BCUT2D eigenvalue weighted by atomic mass is 10.1. The third kappa shape index (κ3) is 7.41. The fraction of sp³-hybridized carbons (Fsp3) is 0.310. The number of benzene rings is 3. The van der Waals surface area contributed by atoms with E-state index >= 15 is 0 Å². The number of rotatable bonds is 10. The van der Waals surface area contributed by atoms with Gasteiger partial charge in [0, 0.05) is 22.1 Å². The van der Waals surface area contributed by atoms with E-state index in [2.05, 4.69) is 21.2 Å². The number of hydrogen-bond donors (Lipinski definition) is 1. The van der Waals surface area contributed by atoms with Gasteiger partial charge in [-0.15, -0.1) is 0 Å². The van der Waals surface area contributed by atoms with Crippen molar-refractivity contribution in [2.75, 3.05) is 10.8 Å². The molecule has 1 saturated carbocycles. The minimum absolute atomic E-state index is 0.0540. The van der Waals surface area contributed by atoms with Crippen molar-refractivity contribution >= 4 is 55.1 Å². The minimum atomic E-state index is -4.11. The molecule has 10 heteroatoms. The average molecular weight is 633 g/mol. The van der Waals surface area contributed by atoms with E-state index < -0.39 is 28.5 Å². The van der Waals surface area contributed by atoms with Crippen LogP contribution in [0.25, 0.3) is 0 Å². The van der Waals surface area contributed by atoms with Crippen LogP contribution in [0, 0.1) is 0 Å². The Morgan fingerprint density at radius 3 is 2.31 bits per heavy atom. The summed E-state index contributed by atoms with van der Waals surface area (Å²) in [5, 5.41) is 3.51. The fourth-order valence-corrected chi connectivity index (χ4v) is 6.67. The van der Waals surface area contributed by atoms with Crippen molar-refractivity contribution in [2.24, 2.45) is 0 Å². The van der Waals surface area contributed by atoms with Gasteiger partial charge in [-0.1, -0.05) is 70.7 Å². The molecule has 0 unspecified atom stereocenters. The zero-order chi connectivity index (χ0) is 28.0. The summed E-state index contributed by atoms with van der Waals surface area (Å²) in [7, 11) is -4.11. The normalized spacial score (nSPS) is 14.5. The number of nitrogens with zero attached hydrogens (tertiary/aromatic N) is 2. The van der Waals surface area contributed by atoms with Crippen molar-refractivity contribution in [2.45, 2.75) is 56.1 Å². The van der Waals surface area contributed by atoms with Gasteiger partial charge in [0.2, 0.25) is 11.8 Å². The molecular weight excluding hydrogens is 602 g/mol. The summed E-state index contributed by atoms with van der Waals surface area (Å²) in [6, 6.07) is 21.0. The molecule has 0 bridgehead atoms. The molecule has 3 aromatic rings. The van der Waals surface area contributed by atoms with Crippen LogP contribution < -0.4 is 9.62 Å². The number of anilines is 1. The van der Waals surface area contributed by atoms with E-state index in [1.165, 1.54) is 17.0 Å². The summed E-state index contributed by atoms with van der Waals surface area (Å²) in [6.07, 6.45) is 3.95. The number of sulfonamides is 1. The molecule has 2 amide bonds. The molecule has 206 valence electrons. The van der Waals surface area contributed by atoms with E-state index in [9.17, 15) is 18.0 Å². The Bertz CT molecular complexity index is 1400. The van der Waals surface area contributed by atoms with Crippen LogP contribution in [0.4, 0.5) is 5.69 Å². The maximum atomic E-state index is 13.9. The SMILES string of the molecule is C[C@@H](C(=O)NC1CCCC1)N(Cc1cccc(Br)c1)C(=O)CN(c1ccc(Cl)cc1)S(=O)(=O)c1ccccc1. The van der Waals surface area contributed by atoms with Gasteiger partial charge < -0.3 is 10.2 Å². The molecule has 1 N–H and O–H groups in total. The van der Waals surface area contributed by atoms with Gasteiger partial charge >= 0.3 is 0 Å². The maximum Gasteiger partial charge on any atom is 0.264 e. The number of amides is 2. The highest BCUT2D eigenvalue weighted by Gasteiger charge is 2.33. The van der Waals surface area contributed by atoms with Gasteiger partial charge in [0.05, 0.1) is 10.6 Å². The topological polar surface area (TPSA) is 86.8 Å². The van der Waals surface area contributed by atoms with Crippen molar-refractivity contribution in [3.05, 3.63) is 93.9 Å². The molecule has 0 aromatic heterocycles. The Morgan fingerprint density at radius 2 is 1.67 bits per heavy atom. The van der Waals surface area contributed by atoms with Gasteiger partial charge in [-0.25, -0.2) is 8.42 Å². The molecule has 0 spiro atoms. The Labute approximate surface area is 243 Å². The van der Waals surface area contributed by atoms with E-state index in [4.69, 9.17) is 11.6 Å². The van der Waals surface area contributed by atoms with E-state index in [1.54, 1.807) is 49.4 Å². The number of nitrogens with one attached hydrogen (secondary N) is 1. The standard InChI is InChI=1S/C29H31BrClN3O4S/c1-21(29(36)32-25-10-5-6-11-25)33(19-22-8-7-9-23(30)18-22)28(35)20-34(26-16-14-24(31)15-17-26)39(37,38)27-12-3-2-4-13-27/h2-4,7-9,12-18,21,25H,5-6,10-11,19-20H2,1H3,(H,32,36)/t21-/m0/s1. The summed E-state index contributed by atoms with van der Waals surface area (Å²) in [4.78, 5) is 28.7. The zero-order valence-electron chi connectivity index (χ0n) is 21.6. The van der Waals surface area contributed by atoms with Crippen molar-refractivity contribution in [1.29, 1.82) is 0 Å². The predicted molar refractivity (Wildman–Crippen MR) is 157 cm³/mol. The Kier molecular flexibility index (Phi) is 9.69. The summed E-state index contributed by atoms with van der Waals surface area (Å²) in [5.41, 5.74) is 1.10. The van der Waals surface area contributed by atoms with Crippen molar-refractivity contribution < 1.29 is 18.0 Å². The molecule has 0 radical (unpaired) electrons. The van der Waals surface area contributed by atoms with Crippen molar-refractivity contribution in [3.63, 3.8) is 0 Å². The van der Waals surface area contributed by atoms with Crippen LogP contribution >= 0.6 is 27.5 Å². The van der Waals surface area contributed by atoms with Gasteiger partial charge in [-0.05, 0) is 73.9 Å². The second kappa shape index (κ2) is 13.0. The molecule has 1 fully saturated rings. The summed E-state index contributed by atoms with van der Waals surface area (Å²) in [5.74, 6) is -0.757. The lowest BCUT2D eigenvalue weighted by molar-refractivity contribution is -0.139. The third-order valence-corrected chi connectivity index (χ3v) is 9.37. The fourth-order valence-electron chi connectivity index (χ4n) is 4.66. The van der Waals surface area contributed by atoms with Crippen LogP contribution in [0.15, 0.2) is 88.2 Å². The van der Waals surface area contributed by atoms with Crippen LogP contribution in [0.3, 0.4) is 0 Å². The largest absolute Gasteiger partial charge is 0.352 e. The Balaban J connectivity index is 1.67. The molecular formula is C29H31BrClN3O4S. The van der Waals surface area contributed by atoms with E-state index in [0.29, 0.717) is 10.7 Å². The first-order chi connectivity index (χ1) is 18.6. The molecule has 1 aliphatic carbocycles. The van der Waals surface area contributed by atoms with Gasteiger partial charge in [-0.3, -0.25) is 13.9 Å². The maximum absolute atomic E-state index is 13.9. The van der Waals surface area contributed by atoms with Crippen LogP contribution in [0.5, 0.6) is 0 Å². The molecule has 4 rings (SSSR count). The summed E-state index contributed by atoms with van der Waals surface area (Å²) < 4.78 is 29.4. The van der Waals surface area contributed by atoms with Gasteiger partial charge in [0.1, 0.15) is 12.6 Å². The Hall–Kier alpha value is -2.88. The molecule has 3 aromatic carbocycles. The third-order valence-electron chi connectivity index (χ3n) is 6.84. The Morgan fingerprint density at radius 1 is 1.00 bits per heavy atom. The molecule has 0 saturated heterocycles. The number of halogens is 2. The highest BCUT2D eigenvalue weighted by molar-refractivity contribution is 9.10. The van der Waals surface area contributed by atoms with Crippen molar-refractivity contribution in [3.8, 4) is 0 Å². The van der Waals surface area contributed by atoms with Crippen molar-refractivity contribution in [1.82, 2.24) is 10.2 Å². The zero-order valence-corrected chi connectivity index (χ0v) is 24.8. The second-order valence-corrected chi connectivity index (χ2v) is 12.8. The van der Waals surface area contributed by atoms with Gasteiger partial charge in [-0.2, -0.15) is 0 Å². The van der Waals surface area contributed by atoms with E-state index in [0.717, 1.165) is 40.0 Å². The number of carbonyl (C=O) groups excluding carboxylic acids is 2. The van der Waals surface area contributed by atoms with Crippen LogP contribution in [0.1, 0.15) is 38.2 Å². The second-order valence-electron chi connectivity index (χ2n) is 9.62. The first kappa shape index (κ1) is 29.1. The molecule has 0 heterocycles. The lowest BCUT2D eigenvalue weighted by Gasteiger charge is -2.32. The first-order valence-corrected chi connectivity index (χ1v) is 15.4. The number of carbonyl (C=O) groups is 2. The van der Waals surface area contributed by atoms with Gasteiger partial charge in [0.15, 0.2) is 0 Å². The average Bonchev–Trinajstić information content (AvgIpc) is 3.44. The van der Waals surface area contributed by atoms with Crippen LogP contribution in [0.2, 0.25) is 5.02 Å².